The number of fused-ring (bicyclic) bond motifs is 1. The van der Waals surface area contributed by atoms with Crippen molar-refractivity contribution in [1.29, 1.82) is 0 Å². The first-order valence-corrected chi connectivity index (χ1v) is 12.6. The maximum absolute atomic E-state index is 14.0. The minimum Gasteiger partial charge on any atom is -0.491 e. The van der Waals surface area contributed by atoms with E-state index in [0.29, 0.717) is 24.4 Å². The van der Waals surface area contributed by atoms with Gasteiger partial charge in [0.1, 0.15) is 24.3 Å². The molecule has 35 heavy (non-hydrogen) atoms. The molecule has 1 saturated heterocycles. The molecular weight excluding hydrogens is 467 g/mol. The number of aliphatic hydroxyl groups is 1. The van der Waals surface area contributed by atoms with E-state index in [4.69, 9.17) is 9.26 Å². The molecule has 2 aromatic heterocycles. The number of hydrogen-bond donors (Lipinski definition) is 1. The van der Waals surface area contributed by atoms with Crippen LogP contribution < -0.4 is 4.74 Å². The van der Waals surface area contributed by atoms with Gasteiger partial charge in [0.15, 0.2) is 5.76 Å². The van der Waals surface area contributed by atoms with Crippen molar-refractivity contribution in [2.24, 2.45) is 0 Å². The molecule has 0 bridgehead atoms. The Morgan fingerprint density at radius 3 is 2.91 bits per heavy atom. The van der Waals surface area contributed by atoms with Gasteiger partial charge in [-0.1, -0.05) is 17.3 Å². The van der Waals surface area contributed by atoms with E-state index >= 15 is 0 Å². The monoisotopic (exact) mass is 496 g/mol. The van der Waals surface area contributed by atoms with Crippen LogP contribution in [-0.2, 0) is 6.54 Å². The van der Waals surface area contributed by atoms with Crippen LogP contribution in [0.25, 0.3) is 21.5 Å². The van der Waals surface area contributed by atoms with Crippen LogP contribution in [0.15, 0.2) is 53.1 Å². The van der Waals surface area contributed by atoms with E-state index in [0.717, 1.165) is 46.3 Å². The number of piperazine rings is 1. The Morgan fingerprint density at radius 1 is 1.23 bits per heavy atom. The average molecular weight is 497 g/mol. The number of hydrogen-bond acceptors (Lipinski definition) is 8. The Labute approximate surface area is 207 Å². The lowest BCUT2D eigenvalue weighted by Gasteiger charge is -2.40. The zero-order valence-electron chi connectivity index (χ0n) is 19.9. The standard InChI is InChI=1S/C26H29FN4O3S/c1-17-13-30(15-20(32)16-33-21-7-8-26-24(12-21)28-18(2)35-26)9-10-31(17)14-19-11-25(34-29-19)22-5-3-4-6-23(22)27/h3-8,11-12,17,20,32H,9-10,13-16H2,1-2H3/t17-,20+/m0/s1. The predicted octanol–water partition coefficient (Wildman–Crippen LogP) is 4.34. The number of thiazole rings is 1. The third kappa shape index (κ3) is 5.70. The maximum atomic E-state index is 14.0. The van der Waals surface area contributed by atoms with E-state index in [1.807, 2.05) is 31.2 Å². The Morgan fingerprint density at radius 2 is 2.09 bits per heavy atom. The van der Waals surface area contributed by atoms with Gasteiger partial charge in [0.05, 0.1) is 26.5 Å². The summed E-state index contributed by atoms with van der Waals surface area (Å²) in [6, 6.07) is 14.5. The van der Waals surface area contributed by atoms with Crippen LogP contribution in [0, 0.1) is 12.7 Å². The largest absolute Gasteiger partial charge is 0.491 e. The summed E-state index contributed by atoms with van der Waals surface area (Å²) in [7, 11) is 0. The van der Waals surface area contributed by atoms with Crippen molar-refractivity contribution in [3.63, 3.8) is 0 Å². The number of nitrogens with zero attached hydrogens (tertiary/aromatic N) is 4. The summed E-state index contributed by atoms with van der Waals surface area (Å²) < 4.78 is 26.4. The molecule has 0 radical (unpaired) electrons. The predicted molar refractivity (Wildman–Crippen MR) is 134 cm³/mol. The quantitative estimate of drug-likeness (QED) is 0.389. The molecular formula is C26H29FN4O3S. The fourth-order valence-corrected chi connectivity index (χ4v) is 5.32. The second kappa shape index (κ2) is 10.4. The fourth-order valence-electron chi connectivity index (χ4n) is 4.51. The second-order valence-electron chi connectivity index (χ2n) is 9.07. The van der Waals surface area contributed by atoms with Gasteiger partial charge in [-0.3, -0.25) is 9.80 Å². The summed E-state index contributed by atoms with van der Waals surface area (Å²) in [6.07, 6.45) is -0.583. The highest BCUT2D eigenvalue weighted by atomic mass is 32.1. The summed E-state index contributed by atoms with van der Waals surface area (Å²) in [5.74, 6) is 0.845. The van der Waals surface area contributed by atoms with Crippen molar-refractivity contribution >= 4 is 21.6 Å². The number of aryl methyl sites for hydroxylation is 1. The second-order valence-corrected chi connectivity index (χ2v) is 10.3. The van der Waals surface area contributed by atoms with Crippen molar-refractivity contribution in [1.82, 2.24) is 19.9 Å². The van der Waals surface area contributed by atoms with Gasteiger partial charge in [-0.2, -0.15) is 0 Å². The van der Waals surface area contributed by atoms with Gasteiger partial charge < -0.3 is 14.4 Å². The van der Waals surface area contributed by atoms with Crippen LogP contribution in [0.4, 0.5) is 4.39 Å². The molecule has 1 N–H and O–H groups in total. The van der Waals surface area contributed by atoms with Crippen molar-refractivity contribution in [2.75, 3.05) is 32.8 Å². The third-order valence-corrected chi connectivity index (χ3v) is 7.24. The van der Waals surface area contributed by atoms with Crippen LogP contribution in [-0.4, -0.2) is 70.0 Å². The molecule has 0 spiro atoms. The zero-order chi connectivity index (χ0) is 24.4. The van der Waals surface area contributed by atoms with Crippen LogP contribution in [0.5, 0.6) is 5.75 Å². The lowest BCUT2D eigenvalue weighted by molar-refractivity contribution is 0.0250. The first-order chi connectivity index (χ1) is 16.9. The Kier molecular flexibility index (Phi) is 7.10. The highest BCUT2D eigenvalue weighted by Crippen LogP contribution is 2.26. The normalized spacial score (nSPS) is 18.2. The van der Waals surface area contributed by atoms with Gasteiger partial charge in [-0.25, -0.2) is 9.37 Å². The average Bonchev–Trinajstić information content (AvgIpc) is 3.45. The molecule has 7 nitrogen and oxygen atoms in total. The first-order valence-electron chi connectivity index (χ1n) is 11.8. The number of benzene rings is 2. The number of β-amino-alcohol motifs (C(OH)–C–C–N with tert-alkyl or cyclic N) is 1. The Hall–Kier alpha value is -2.85. The van der Waals surface area contributed by atoms with Crippen LogP contribution >= 0.6 is 11.3 Å². The molecule has 3 heterocycles. The number of rotatable bonds is 8. The van der Waals surface area contributed by atoms with Gasteiger partial charge >= 0.3 is 0 Å². The van der Waals surface area contributed by atoms with Gasteiger partial charge in [-0.15, -0.1) is 11.3 Å². The molecule has 2 atom stereocenters. The molecule has 0 saturated carbocycles. The van der Waals surface area contributed by atoms with Crippen LogP contribution in [0.1, 0.15) is 17.6 Å². The van der Waals surface area contributed by atoms with Crippen molar-refractivity contribution in [3.05, 3.63) is 65.0 Å². The zero-order valence-corrected chi connectivity index (χ0v) is 20.7. The lowest BCUT2D eigenvalue weighted by Crippen LogP contribution is -2.53. The molecule has 1 fully saturated rings. The molecule has 0 aliphatic carbocycles. The molecule has 0 amide bonds. The van der Waals surface area contributed by atoms with Gasteiger partial charge in [0.2, 0.25) is 0 Å². The van der Waals surface area contributed by atoms with E-state index < -0.39 is 6.10 Å². The van der Waals surface area contributed by atoms with Crippen molar-refractivity contribution < 1.29 is 18.8 Å². The molecule has 9 heteroatoms. The van der Waals surface area contributed by atoms with Gasteiger partial charge in [-0.05, 0) is 38.1 Å². The molecule has 5 rings (SSSR count). The Balaban J connectivity index is 1.10. The lowest BCUT2D eigenvalue weighted by atomic mass is 10.1. The van der Waals surface area contributed by atoms with Crippen molar-refractivity contribution in [3.8, 4) is 17.1 Å². The molecule has 184 valence electrons. The maximum Gasteiger partial charge on any atom is 0.170 e. The summed E-state index contributed by atoms with van der Waals surface area (Å²) >= 11 is 1.66. The topological polar surface area (TPSA) is 74.9 Å². The first kappa shape index (κ1) is 23.9. The fraction of sp³-hybridized carbons (Fsp3) is 0.385. The molecule has 2 aromatic carbocycles. The molecule has 1 aliphatic rings. The summed E-state index contributed by atoms with van der Waals surface area (Å²) in [6.45, 7) is 8.09. The van der Waals surface area contributed by atoms with Crippen molar-refractivity contribution in [2.45, 2.75) is 32.5 Å². The van der Waals surface area contributed by atoms with Gasteiger partial charge in [0.25, 0.3) is 0 Å². The van der Waals surface area contributed by atoms with Crippen LogP contribution in [0.3, 0.4) is 0 Å². The summed E-state index contributed by atoms with van der Waals surface area (Å²) in [4.78, 5) is 9.08. The summed E-state index contributed by atoms with van der Waals surface area (Å²) in [5, 5.41) is 15.7. The SMILES string of the molecule is Cc1nc2cc(OC[C@H](O)CN3CCN(Cc4cc(-c5ccccc5F)on4)[C@@H](C)C3)ccc2s1. The number of aromatic nitrogens is 2. The third-order valence-electron chi connectivity index (χ3n) is 6.29. The van der Waals surface area contributed by atoms with Crippen LogP contribution in [0.2, 0.25) is 0 Å². The minimum absolute atomic E-state index is 0.237. The van der Waals surface area contributed by atoms with E-state index in [1.54, 1.807) is 29.5 Å². The molecule has 4 aromatic rings. The van der Waals surface area contributed by atoms with Gasteiger partial charge in [0, 0.05) is 50.9 Å². The van der Waals surface area contributed by atoms with E-state index in [1.165, 1.54) is 6.07 Å². The van der Waals surface area contributed by atoms with E-state index in [-0.39, 0.29) is 18.5 Å². The molecule has 1 aliphatic heterocycles. The number of aliphatic hydroxyl groups excluding tert-OH is 1. The molecule has 0 unspecified atom stereocenters. The summed E-state index contributed by atoms with van der Waals surface area (Å²) in [5.41, 5.74) is 2.13. The minimum atomic E-state index is -0.583. The number of halogens is 1. The number of ether oxygens (including phenoxy) is 1. The highest BCUT2D eigenvalue weighted by Gasteiger charge is 2.26. The van der Waals surface area contributed by atoms with E-state index in [2.05, 4.69) is 26.9 Å². The smallest absolute Gasteiger partial charge is 0.170 e. The van der Waals surface area contributed by atoms with E-state index in [9.17, 15) is 9.50 Å². The highest BCUT2D eigenvalue weighted by molar-refractivity contribution is 7.18. The Bertz CT molecular complexity index is 1290.